The molecule has 4 nitrogen and oxygen atoms in total. The third-order valence-corrected chi connectivity index (χ3v) is 3.23. The van der Waals surface area contributed by atoms with Gasteiger partial charge in [-0.15, -0.1) is 0 Å². The Morgan fingerprint density at radius 2 is 1.80 bits per heavy atom. The zero-order valence-corrected chi connectivity index (χ0v) is 12.8. The molecule has 0 aromatic heterocycles. The highest BCUT2D eigenvalue weighted by molar-refractivity contribution is 5.91. The number of anilines is 1. The molecule has 110 valence electrons. The van der Waals surface area contributed by atoms with Gasteiger partial charge in [0, 0.05) is 32.1 Å². The molecule has 0 heterocycles. The summed E-state index contributed by atoms with van der Waals surface area (Å²) in [6.07, 6.45) is 0.461. The van der Waals surface area contributed by atoms with Crippen molar-refractivity contribution in [1.82, 2.24) is 5.32 Å². The van der Waals surface area contributed by atoms with Crippen LogP contribution >= 0.6 is 0 Å². The molecule has 0 atom stereocenters. The van der Waals surface area contributed by atoms with Crippen LogP contribution in [0.25, 0.3) is 0 Å². The van der Waals surface area contributed by atoms with Crippen molar-refractivity contribution in [3.63, 3.8) is 0 Å². The number of carbonyl (C=O) groups excluding carboxylic acids is 2. The molecule has 0 bridgehead atoms. The largest absolute Gasteiger partial charge is 0.354 e. The molecule has 4 heteroatoms. The van der Waals surface area contributed by atoms with Crippen LogP contribution in [0.15, 0.2) is 24.3 Å². The van der Waals surface area contributed by atoms with Crippen LogP contribution in [0.1, 0.15) is 45.6 Å². The Morgan fingerprint density at radius 3 is 2.25 bits per heavy atom. The molecule has 1 rings (SSSR count). The Labute approximate surface area is 121 Å². The highest BCUT2D eigenvalue weighted by Crippen LogP contribution is 2.20. The minimum Gasteiger partial charge on any atom is -0.354 e. The fourth-order valence-corrected chi connectivity index (χ4v) is 1.94. The van der Waals surface area contributed by atoms with Gasteiger partial charge in [0.25, 0.3) is 0 Å². The zero-order valence-electron chi connectivity index (χ0n) is 12.8. The van der Waals surface area contributed by atoms with E-state index in [0.717, 1.165) is 5.69 Å². The number of hydrogen-bond acceptors (Lipinski definition) is 2. The summed E-state index contributed by atoms with van der Waals surface area (Å²) in [6, 6.07) is 8.00. The normalized spacial score (nSPS) is 10.4. The molecule has 2 amide bonds. The lowest BCUT2D eigenvalue weighted by atomic mass is 10.0. The van der Waals surface area contributed by atoms with E-state index in [9.17, 15) is 9.59 Å². The highest BCUT2D eigenvalue weighted by atomic mass is 16.2. The van der Waals surface area contributed by atoms with E-state index >= 15 is 0 Å². The molecule has 1 aromatic carbocycles. The summed E-state index contributed by atoms with van der Waals surface area (Å²) in [6.45, 7) is 8.58. The smallest absolute Gasteiger partial charge is 0.223 e. The number of carbonyl (C=O) groups is 2. The first-order valence-corrected chi connectivity index (χ1v) is 7.10. The van der Waals surface area contributed by atoms with Crippen LogP contribution in [0.3, 0.4) is 0 Å². The molecule has 1 N–H and O–H groups in total. The molecule has 1 aromatic rings. The third kappa shape index (κ3) is 4.68. The highest BCUT2D eigenvalue weighted by Gasteiger charge is 2.11. The SMILES string of the molecule is CCC(=O)NCCN(C(C)=O)c1ccc(C(C)C)cc1. The standard InChI is InChI=1S/C16H24N2O2/c1-5-16(20)17-10-11-18(13(4)19)15-8-6-14(7-9-15)12(2)3/h6-9,12H,5,10-11H2,1-4H3,(H,17,20). The van der Waals surface area contributed by atoms with E-state index in [1.807, 2.05) is 31.2 Å². The second-order valence-electron chi connectivity index (χ2n) is 5.12. The molecule has 0 fully saturated rings. The number of nitrogens with zero attached hydrogens (tertiary/aromatic N) is 1. The molecule has 0 aliphatic heterocycles. The third-order valence-electron chi connectivity index (χ3n) is 3.23. The van der Waals surface area contributed by atoms with Crippen molar-refractivity contribution < 1.29 is 9.59 Å². The average molecular weight is 276 g/mol. The van der Waals surface area contributed by atoms with E-state index in [2.05, 4.69) is 19.2 Å². The maximum atomic E-state index is 11.7. The number of nitrogens with one attached hydrogen (secondary N) is 1. The van der Waals surface area contributed by atoms with Gasteiger partial charge in [-0.3, -0.25) is 9.59 Å². The van der Waals surface area contributed by atoms with Crippen LogP contribution in [-0.4, -0.2) is 24.9 Å². The van der Waals surface area contributed by atoms with Gasteiger partial charge in [0.2, 0.25) is 11.8 Å². The van der Waals surface area contributed by atoms with Crippen molar-refractivity contribution in [2.75, 3.05) is 18.0 Å². The summed E-state index contributed by atoms with van der Waals surface area (Å²) in [5, 5.41) is 2.78. The number of rotatable bonds is 6. The molecular weight excluding hydrogens is 252 g/mol. The topological polar surface area (TPSA) is 49.4 Å². The van der Waals surface area contributed by atoms with E-state index in [-0.39, 0.29) is 11.8 Å². The van der Waals surface area contributed by atoms with Gasteiger partial charge in [-0.1, -0.05) is 32.9 Å². The molecular formula is C16H24N2O2. The Bertz CT molecular complexity index is 452. The molecule has 0 radical (unpaired) electrons. The first-order chi connectivity index (χ1) is 9.45. The van der Waals surface area contributed by atoms with Crippen LogP contribution in [-0.2, 0) is 9.59 Å². The average Bonchev–Trinajstić information content (AvgIpc) is 2.43. The summed E-state index contributed by atoms with van der Waals surface area (Å²) in [7, 11) is 0. The molecule has 0 spiro atoms. The van der Waals surface area contributed by atoms with Gasteiger partial charge in [0.05, 0.1) is 0 Å². The molecule has 0 saturated heterocycles. The first-order valence-electron chi connectivity index (χ1n) is 7.10. The van der Waals surface area contributed by atoms with E-state index in [0.29, 0.717) is 25.4 Å². The predicted molar refractivity (Wildman–Crippen MR) is 81.9 cm³/mol. The lowest BCUT2D eigenvalue weighted by molar-refractivity contribution is -0.121. The van der Waals surface area contributed by atoms with Gasteiger partial charge in [0.1, 0.15) is 0 Å². The van der Waals surface area contributed by atoms with Crippen molar-refractivity contribution in [2.24, 2.45) is 0 Å². The van der Waals surface area contributed by atoms with Gasteiger partial charge in [-0.2, -0.15) is 0 Å². The number of amides is 2. The minimum absolute atomic E-state index is 0.00339. The zero-order chi connectivity index (χ0) is 15.1. The maximum absolute atomic E-state index is 11.7. The Balaban J connectivity index is 2.70. The minimum atomic E-state index is -0.0203. The van der Waals surface area contributed by atoms with E-state index in [1.165, 1.54) is 12.5 Å². The van der Waals surface area contributed by atoms with Crippen molar-refractivity contribution in [1.29, 1.82) is 0 Å². The number of hydrogen-bond donors (Lipinski definition) is 1. The van der Waals surface area contributed by atoms with Crippen molar-refractivity contribution in [3.8, 4) is 0 Å². The van der Waals surface area contributed by atoms with Crippen LogP contribution < -0.4 is 10.2 Å². The summed E-state index contributed by atoms with van der Waals surface area (Å²) in [5.74, 6) is 0.454. The predicted octanol–water partition coefficient (Wildman–Crippen LogP) is 2.69. The second kappa shape index (κ2) is 7.68. The number of benzene rings is 1. The lowest BCUT2D eigenvalue weighted by Crippen LogP contribution is -2.37. The van der Waals surface area contributed by atoms with Gasteiger partial charge in [0.15, 0.2) is 0 Å². The van der Waals surface area contributed by atoms with E-state index < -0.39 is 0 Å². The van der Waals surface area contributed by atoms with Crippen LogP contribution in [0.4, 0.5) is 5.69 Å². The lowest BCUT2D eigenvalue weighted by Gasteiger charge is -2.22. The van der Waals surface area contributed by atoms with E-state index in [1.54, 1.807) is 4.90 Å². The molecule has 20 heavy (non-hydrogen) atoms. The van der Waals surface area contributed by atoms with Gasteiger partial charge in [-0.05, 0) is 23.6 Å². The van der Waals surface area contributed by atoms with E-state index in [4.69, 9.17) is 0 Å². The van der Waals surface area contributed by atoms with Gasteiger partial charge < -0.3 is 10.2 Å². The first kappa shape index (κ1) is 16.2. The van der Waals surface area contributed by atoms with Crippen LogP contribution in [0, 0.1) is 0 Å². The fraction of sp³-hybridized carbons (Fsp3) is 0.500. The fourth-order valence-electron chi connectivity index (χ4n) is 1.94. The monoisotopic (exact) mass is 276 g/mol. The quantitative estimate of drug-likeness (QED) is 0.868. The van der Waals surface area contributed by atoms with Crippen molar-refractivity contribution in [3.05, 3.63) is 29.8 Å². The Kier molecular flexibility index (Phi) is 6.22. The summed E-state index contributed by atoms with van der Waals surface area (Å²) >= 11 is 0. The van der Waals surface area contributed by atoms with Crippen molar-refractivity contribution in [2.45, 2.75) is 40.0 Å². The van der Waals surface area contributed by atoms with Gasteiger partial charge >= 0.3 is 0 Å². The summed E-state index contributed by atoms with van der Waals surface area (Å²) in [5.41, 5.74) is 2.11. The second-order valence-corrected chi connectivity index (χ2v) is 5.12. The molecule has 0 aliphatic carbocycles. The Hall–Kier alpha value is -1.84. The van der Waals surface area contributed by atoms with Gasteiger partial charge in [-0.25, -0.2) is 0 Å². The summed E-state index contributed by atoms with van der Waals surface area (Å²) in [4.78, 5) is 24.6. The molecule has 0 aliphatic rings. The Morgan fingerprint density at radius 1 is 1.20 bits per heavy atom. The van der Waals surface area contributed by atoms with Crippen molar-refractivity contribution >= 4 is 17.5 Å². The maximum Gasteiger partial charge on any atom is 0.223 e. The summed E-state index contributed by atoms with van der Waals surface area (Å²) < 4.78 is 0. The van der Waals surface area contributed by atoms with Crippen LogP contribution in [0.5, 0.6) is 0 Å². The van der Waals surface area contributed by atoms with Crippen LogP contribution in [0.2, 0.25) is 0 Å². The molecule has 0 saturated carbocycles. The molecule has 0 unspecified atom stereocenters.